The Bertz CT molecular complexity index is 553. The van der Waals surface area contributed by atoms with Crippen LogP contribution in [0.5, 0.6) is 5.75 Å². The van der Waals surface area contributed by atoms with Gasteiger partial charge < -0.3 is 10.4 Å². The maximum absolute atomic E-state index is 9.34. The van der Waals surface area contributed by atoms with Crippen molar-refractivity contribution in [2.75, 3.05) is 19.6 Å². The molecule has 0 bridgehead atoms. The summed E-state index contributed by atoms with van der Waals surface area (Å²) < 4.78 is 0. The van der Waals surface area contributed by atoms with E-state index >= 15 is 0 Å². The molecule has 2 aromatic carbocycles. The molecule has 1 heterocycles. The Morgan fingerprint density at radius 1 is 1.00 bits per heavy atom. The monoisotopic (exact) mass is 282 g/mol. The molecule has 2 N–H and O–H groups in total. The fraction of sp³-hybridized carbons (Fsp3) is 0.333. The van der Waals surface area contributed by atoms with E-state index in [1.807, 2.05) is 12.1 Å². The zero-order valence-electron chi connectivity index (χ0n) is 12.2. The van der Waals surface area contributed by atoms with Crippen LogP contribution in [-0.2, 0) is 13.0 Å². The maximum Gasteiger partial charge on any atom is 0.115 e. The first-order chi connectivity index (χ1) is 10.3. The van der Waals surface area contributed by atoms with Crippen molar-refractivity contribution >= 4 is 0 Å². The van der Waals surface area contributed by atoms with Crippen LogP contribution in [-0.4, -0.2) is 35.7 Å². The van der Waals surface area contributed by atoms with E-state index in [9.17, 15) is 5.11 Å². The summed E-state index contributed by atoms with van der Waals surface area (Å²) in [6.45, 7) is 4.22. The fourth-order valence-electron chi connectivity index (χ4n) is 2.93. The Kier molecular flexibility index (Phi) is 4.53. The zero-order valence-corrected chi connectivity index (χ0v) is 12.2. The fourth-order valence-corrected chi connectivity index (χ4v) is 2.93. The molecule has 0 aromatic heterocycles. The van der Waals surface area contributed by atoms with E-state index in [1.165, 1.54) is 11.1 Å². The van der Waals surface area contributed by atoms with Crippen molar-refractivity contribution < 1.29 is 5.11 Å². The molecule has 0 aliphatic carbocycles. The summed E-state index contributed by atoms with van der Waals surface area (Å²) in [6.07, 6.45) is 1.01. The van der Waals surface area contributed by atoms with Crippen LogP contribution in [0.25, 0.3) is 0 Å². The predicted molar refractivity (Wildman–Crippen MR) is 85.3 cm³/mol. The number of aromatic hydroxyl groups is 1. The average Bonchev–Trinajstić information content (AvgIpc) is 2.51. The lowest BCUT2D eigenvalue weighted by Gasteiger charge is -2.34. The Balaban J connectivity index is 1.57. The molecule has 0 radical (unpaired) electrons. The van der Waals surface area contributed by atoms with Gasteiger partial charge in [0.2, 0.25) is 0 Å². The molecule has 0 saturated carbocycles. The molecule has 0 spiro atoms. The van der Waals surface area contributed by atoms with Crippen molar-refractivity contribution in [1.82, 2.24) is 10.2 Å². The molecule has 1 fully saturated rings. The van der Waals surface area contributed by atoms with Crippen LogP contribution in [0.15, 0.2) is 54.6 Å². The minimum atomic E-state index is 0.334. The van der Waals surface area contributed by atoms with Crippen LogP contribution >= 0.6 is 0 Å². The summed E-state index contributed by atoms with van der Waals surface area (Å²) >= 11 is 0. The number of hydrogen-bond acceptors (Lipinski definition) is 3. The van der Waals surface area contributed by atoms with Gasteiger partial charge in [0, 0.05) is 32.2 Å². The first-order valence-corrected chi connectivity index (χ1v) is 7.57. The van der Waals surface area contributed by atoms with E-state index in [4.69, 9.17) is 0 Å². The third-order valence-corrected chi connectivity index (χ3v) is 4.01. The smallest absolute Gasteiger partial charge is 0.115 e. The molecule has 1 aliphatic heterocycles. The molecule has 0 amide bonds. The van der Waals surface area contributed by atoms with Gasteiger partial charge in [-0.1, -0.05) is 42.5 Å². The van der Waals surface area contributed by atoms with E-state index in [1.54, 1.807) is 12.1 Å². The van der Waals surface area contributed by atoms with Crippen molar-refractivity contribution in [2.45, 2.75) is 19.0 Å². The molecule has 3 nitrogen and oxygen atoms in total. The highest BCUT2D eigenvalue weighted by Gasteiger charge is 2.19. The summed E-state index contributed by atoms with van der Waals surface area (Å²) in [5.74, 6) is 0.334. The predicted octanol–water partition coefficient (Wildman–Crippen LogP) is 2.41. The number of rotatable bonds is 4. The van der Waals surface area contributed by atoms with Crippen LogP contribution in [0.1, 0.15) is 11.1 Å². The summed E-state index contributed by atoms with van der Waals surface area (Å²) in [6, 6.07) is 18.7. The van der Waals surface area contributed by atoms with Crippen molar-refractivity contribution in [3.8, 4) is 5.75 Å². The maximum atomic E-state index is 9.34. The summed E-state index contributed by atoms with van der Waals surface area (Å²) in [4.78, 5) is 2.51. The molecule has 2 aromatic rings. The quantitative estimate of drug-likeness (QED) is 0.904. The van der Waals surface area contributed by atoms with Crippen molar-refractivity contribution in [2.24, 2.45) is 0 Å². The van der Waals surface area contributed by atoms with Crippen LogP contribution in [0.2, 0.25) is 0 Å². The van der Waals surface area contributed by atoms with E-state index in [0.717, 1.165) is 32.6 Å². The van der Waals surface area contributed by atoms with Gasteiger partial charge in [-0.25, -0.2) is 0 Å². The normalized spacial score (nSPS) is 19.5. The zero-order chi connectivity index (χ0) is 14.5. The van der Waals surface area contributed by atoms with Crippen LogP contribution in [0.3, 0.4) is 0 Å². The van der Waals surface area contributed by atoms with Crippen LogP contribution in [0.4, 0.5) is 0 Å². The second-order valence-electron chi connectivity index (χ2n) is 5.74. The molecule has 1 atom stereocenters. The third kappa shape index (κ3) is 4.06. The van der Waals surface area contributed by atoms with Gasteiger partial charge in [0.15, 0.2) is 0 Å². The third-order valence-electron chi connectivity index (χ3n) is 4.01. The molecule has 110 valence electrons. The number of phenolic OH excluding ortho intramolecular Hbond substituents is 1. The molecule has 1 aliphatic rings. The average molecular weight is 282 g/mol. The van der Waals surface area contributed by atoms with E-state index in [0.29, 0.717) is 11.8 Å². The minimum Gasteiger partial charge on any atom is -0.508 e. The number of piperazine rings is 1. The largest absolute Gasteiger partial charge is 0.508 e. The van der Waals surface area contributed by atoms with Gasteiger partial charge in [-0.2, -0.15) is 0 Å². The highest BCUT2D eigenvalue weighted by Crippen LogP contribution is 2.14. The first-order valence-electron chi connectivity index (χ1n) is 7.57. The van der Waals surface area contributed by atoms with E-state index in [-0.39, 0.29) is 0 Å². The van der Waals surface area contributed by atoms with Gasteiger partial charge in [0.25, 0.3) is 0 Å². The summed E-state index contributed by atoms with van der Waals surface area (Å²) in [7, 11) is 0. The van der Waals surface area contributed by atoms with E-state index < -0.39 is 0 Å². The number of phenols is 1. The second-order valence-corrected chi connectivity index (χ2v) is 5.74. The van der Waals surface area contributed by atoms with Crippen LogP contribution in [0, 0.1) is 0 Å². The standard InChI is InChI=1S/C18H22N2O/c21-18-8-6-15(7-9-18)12-17-14-20(11-10-19-17)13-16-4-2-1-3-5-16/h1-9,17,19,21H,10-14H2/t17-/m0/s1. The Morgan fingerprint density at radius 2 is 1.76 bits per heavy atom. The van der Waals surface area contributed by atoms with Gasteiger partial charge in [-0.05, 0) is 29.7 Å². The number of hydrogen-bond donors (Lipinski definition) is 2. The lowest BCUT2D eigenvalue weighted by molar-refractivity contribution is 0.192. The second kappa shape index (κ2) is 6.74. The van der Waals surface area contributed by atoms with Crippen molar-refractivity contribution in [3.05, 3.63) is 65.7 Å². The van der Waals surface area contributed by atoms with Crippen molar-refractivity contribution in [3.63, 3.8) is 0 Å². The molecule has 3 heteroatoms. The number of nitrogens with one attached hydrogen (secondary N) is 1. The SMILES string of the molecule is Oc1ccc(C[C@H]2CN(Cc3ccccc3)CCN2)cc1. The van der Waals surface area contributed by atoms with Gasteiger partial charge in [-0.3, -0.25) is 4.90 Å². The molecule has 1 saturated heterocycles. The molecule has 21 heavy (non-hydrogen) atoms. The van der Waals surface area contributed by atoms with Gasteiger partial charge in [0.05, 0.1) is 0 Å². The highest BCUT2D eigenvalue weighted by molar-refractivity contribution is 5.26. The summed E-state index contributed by atoms with van der Waals surface area (Å²) in [5.41, 5.74) is 2.65. The van der Waals surface area contributed by atoms with Gasteiger partial charge in [0.1, 0.15) is 5.75 Å². The Hall–Kier alpha value is -1.84. The highest BCUT2D eigenvalue weighted by atomic mass is 16.3. The number of nitrogens with zero attached hydrogens (tertiary/aromatic N) is 1. The lowest BCUT2D eigenvalue weighted by atomic mass is 10.0. The van der Waals surface area contributed by atoms with Crippen LogP contribution < -0.4 is 5.32 Å². The van der Waals surface area contributed by atoms with E-state index in [2.05, 4.69) is 40.5 Å². The first kappa shape index (κ1) is 14.1. The summed E-state index contributed by atoms with van der Waals surface area (Å²) in [5, 5.41) is 12.9. The topological polar surface area (TPSA) is 35.5 Å². The molecule has 0 unspecified atom stereocenters. The van der Waals surface area contributed by atoms with Crippen molar-refractivity contribution in [1.29, 1.82) is 0 Å². The Morgan fingerprint density at radius 3 is 2.52 bits per heavy atom. The Labute approximate surface area is 126 Å². The molecular weight excluding hydrogens is 260 g/mol. The minimum absolute atomic E-state index is 0.334. The number of benzene rings is 2. The molecule has 3 rings (SSSR count). The van der Waals surface area contributed by atoms with Gasteiger partial charge >= 0.3 is 0 Å². The van der Waals surface area contributed by atoms with Gasteiger partial charge in [-0.15, -0.1) is 0 Å². The molecular formula is C18H22N2O. The lowest BCUT2D eigenvalue weighted by Crippen LogP contribution is -2.51.